The summed E-state index contributed by atoms with van der Waals surface area (Å²) in [5.74, 6) is -0.358. The predicted molar refractivity (Wildman–Crippen MR) is 167 cm³/mol. The molecule has 0 atom stereocenters. The van der Waals surface area contributed by atoms with Gasteiger partial charge in [-0.2, -0.15) is 9.78 Å². The van der Waals surface area contributed by atoms with E-state index >= 15 is 0 Å². The first-order chi connectivity index (χ1) is 20.8. The number of hydrogen-bond donors (Lipinski definition) is 1. The summed E-state index contributed by atoms with van der Waals surface area (Å²) in [6.07, 6.45) is 2.88. The molecule has 0 unspecified atom stereocenters. The van der Waals surface area contributed by atoms with Gasteiger partial charge in [-0.25, -0.2) is 19.7 Å². The van der Waals surface area contributed by atoms with E-state index in [9.17, 15) is 9.59 Å². The zero-order chi connectivity index (χ0) is 30.1. The van der Waals surface area contributed by atoms with Crippen molar-refractivity contribution in [2.45, 2.75) is 0 Å². The number of carbonyl (C=O) groups excluding carboxylic acids is 1. The second kappa shape index (κ2) is 12.0. The van der Waals surface area contributed by atoms with Crippen molar-refractivity contribution in [2.75, 3.05) is 50.6 Å². The average molecular weight is 617 g/mol. The molecule has 4 heterocycles. The van der Waals surface area contributed by atoms with Crippen LogP contribution in [0.25, 0.3) is 27.8 Å². The molecule has 0 amide bonds. The second-order valence-electron chi connectivity index (χ2n) is 9.98. The molecule has 1 aliphatic rings. The van der Waals surface area contributed by atoms with E-state index in [2.05, 4.69) is 54.3 Å². The van der Waals surface area contributed by atoms with E-state index < -0.39 is 11.5 Å². The van der Waals surface area contributed by atoms with Gasteiger partial charge in [-0.1, -0.05) is 29.3 Å². The van der Waals surface area contributed by atoms with Crippen LogP contribution in [0.15, 0.2) is 71.8 Å². The highest BCUT2D eigenvalue weighted by atomic mass is 35.5. The number of likely N-dealkylation sites (N-methyl/N-ethyl adjacent to an activating group) is 1. The first kappa shape index (κ1) is 28.5. The number of rotatable bonds is 6. The fourth-order valence-corrected chi connectivity index (χ4v) is 5.42. The molecule has 1 aliphatic heterocycles. The number of carbonyl (C=O) groups is 1. The second-order valence-corrected chi connectivity index (χ2v) is 10.8. The molecule has 1 saturated heterocycles. The largest absolute Gasteiger partial charge is 0.464 e. The number of nitrogens with one attached hydrogen (secondary N) is 1. The highest BCUT2D eigenvalue weighted by Gasteiger charge is 2.21. The third kappa shape index (κ3) is 5.74. The van der Waals surface area contributed by atoms with Crippen LogP contribution in [0.4, 0.5) is 17.3 Å². The molecule has 43 heavy (non-hydrogen) atoms. The fraction of sp³-hybridized carbons (Fsp3) is 0.200. The lowest BCUT2D eigenvalue weighted by molar-refractivity contribution is 0.0594. The Morgan fingerprint density at radius 1 is 0.977 bits per heavy atom. The van der Waals surface area contributed by atoms with Gasteiger partial charge in [-0.3, -0.25) is 4.79 Å². The Bertz CT molecular complexity index is 1870. The SMILES string of the molecule is COC(=O)c1cc(-c2nn(-c3c(Cl)cccc3Cl)c(=O)c3cnc(Nc4ccc(N5CCN(C)CC5)cc4)nc23)ccn1. The number of para-hydroxylation sites is 1. The van der Waals surface area contributed by atoms with E-state index in [1.807, 2.05) is 12.1 Å². The van der Waals surface area contributed by atoms with Crippen LogP contribution >= 0.6 is 23.2 Å². The van der Waals surface area contributed by atoms with Crippen LogP contribution in [-0.2, 0) is 4.74 Å². The monoisotopic (exact) mass is 616 g/mol. The highest BCUT2D eigenvalue weighted by Crippen LogP contribution is 2.30. The van der Waals surface area contributed by atoms with Gasteiger partial charge in [0.25, 0.3) is 5.56 Å². The van der Waals surface area contributed by atoms with Crippen molar-refractivity contribution in [3.8, 4) is 16.9 Å². The summed E-state index contributed by atoms with van der Waals surface area (Å²) in [5, 5.41) is 8.49. The van der Waals surface area contributed by atoms with Crippen LogP contribution in [0.5, 0.6) is 0 Å². The molecule has 3 aromatic heterocycles. The number of hydrogen-bond acceptors (Lipinski definition) is 10. The summed E-state index contributed by atoms with van der Waals surface area (Å²) in [6.45, 7) is 3.97. The zero-order valence-electron chi connectivity index (χ0n) is 23.3. The number of anilines is 3. The van der Waals surface area contributed by atoms with Crippen molar-refractivity contribution < 1.29 is 9.53 Å². The Morgan fingerprint density at radius 3 is 2.40 bits per heavy atom. The van der Waals surface area contributed by atoms with E-state index in [0.29, 0.717) is 5.56 Å². The lowest BCUT2D eigenvalue weighted by Gasteiger charge is -2.34. The van der Waals surface area contributed by atoms with Crippen LogP contribution in [-0.4, -0.2) is 75.9 Å². The Kier molecular flexibility index (Phi) is 7.94. The van der Waals surface area contributed by atoms with Crippen LogP contribution in [0.3, 0.4) is 0 Å². The number of methoxy groups -OCH3 is 1. The molecule has 1 fully saturated rings. The van der Waals surface area contributed by atoms with Crippen molar-refractivity contribution in [3.63, 3.8) is 0 Å². The zero-order valence-corrected chi connectivity index (χ0v) is 24.8. The first-order valence-corrected chi connectivity index (χ1v) is 14.2. The number of aromatic nitrogens is 5. The van der Waals surface area contributed by atoms with Crippen LogP contribution in [0, 0.1) is 0 Å². The molecular weight excluding hydrogens is 591 g/mol. The molecule has 2 aromatic carbocycles. The van der Waals surface area contributed by atoms with E-state index in [4.69, 9.17) is 27.9 Å². The lowest BCUT2D eigenvalue weighted by Crippen LogP contribution is -2.44. The third-order valence-corrected chi connectivity index (χ3v) is 7.81. The number of ether oxygens (including phenoxy) is 1. The Balaban J connectivity index is 1.44. The number of benzene rings is 2. The Labute approximate surface area is 256 Å². The summed E-state index contributed by atoms with van der Waals surface area (Å²) in [6, 6.07) is 16.1. The number of piperazine rings is 1. The molecule has 0 spiro atoms. The van der Waals surface area contributed by atoms with E-state index in [0.717, 1.165) is 42.2 Å². The quantitative estimate of drug-likeness (QED) is 0.266. The number of halogens is 2. The summed E-state index contributed by atoms with van der Waals surface area (Å²) in [7, 11) is 3.40. The van der Waals surface area contributed by atoms with Gasteiger partial charge >= 0.3 is 5.97 Å². The molecular formula is C30H26Cl2N8O3. The van der Waals surface area contributed by atoms with Gasteiger partial charge in [-0.05, 0) is 55.6 Å². The van der Waals surface area contributed by atoms with Gasteiger partial charge in [0.2, 0.25) is 5.95 Å². The first-order valence-electron chi connectivity index (χ1n) is 13.4. The number of pyridine rings is 1. The summed E-state index contributed by atoms with van der Waals surface area (Å²) in [5.41, 5.74) is 2.70. The minimum Gasteiger partial charge on any atom is -0.464 e. The number of esters is 1. The van der Waals surface area contributed by atoms with Crippen molar-refractivity contribution in [1.29, 1.82) is 0 Å². The van der Waals surface area contributed by atoms with Gasteiger partial charge in [-0.15, -0.1) is 0 Å². The maximum absolute atomic E-state index is 13.7. The molecule has 0 aliphatic carbocycles. The van der Waals surface area contributed by atoms with Crippen LogP contribution in [0.2, 0.25) is 10.0 Å². The molecule has 0 bridgehead atoms. The van der Waals surface area contributed by atoms with Gasteiger partial charge in [0.05, 0.1) is 22.5 Å². The molecule has 5 aromatic rings. The highest BCUT2D eigenvalue weighted by molar-refractivity contribution is 6.37. The molecule has 13 heteroatoms. The predicted octanol–water partition coefficient (Wildman–Crippen LogP) is 4.83. The van der Waals surface area contributed by atoms with Crippen molar-refractivity contribution in [2.24, 2.45) is 0 Å². The lowest BCUT2D eigenvalue weighted by atomic mass is 10.1. The van der Waals surface area contributed by atoms with Gasteiger partial charge < -0.3 is 19.9 Å². The summed E-state index contributed by atoms with van der Waals surface area (Å²) >= 11 is 12.9. The Hall–Kier alpha value is -4.58. The Morgan fingerprint density at radius 2 is 1.70 bits per heavy atom. The van der Waals surface area contributed by atoms with E-state index in [1.165, 1.54) is 25.6 Å². The van der Waals surface area contributed by atoms with Crippen molar-refractivity contribution >= 4 is 57.4 Å². The topological polar surface area (TPSA) is 118 Å². The summed E-state index contributed by atoms with van der Waals surface area (Å²) < 4.78 is 5.96. The smallest absolute Gasteiger partial charge is 0.356 e. The van der Waals surface area contributed by atoms with Gasteiger partial charge in [0.1, 0.15) is 22.6 Å². The van der Waals surface area contributed by atoms with Crippen molar-refractivity contribution in [3.05, 3.63) is 93.1 Å². The minimum absolute atomic E-state index is 0.0660. The molecule has 1 N–H and O–H groups in total. The maximum atomic E-state index is 13.7. The maximum Gasteiger partial charge on any atom is 0.356 e. The van der Waals surface area contributed by atoms with Gasteiger partial charge in [0, 0.05) is 55.5 Å². The standard InChI is InChI=1S/C30H26Cl2N8O3/c1-38-12-14-39(15-13-38)20-8-6-19(7-9-20)35-30-34-17-21-26(36-30)25(18-10-11-33-24(16-18)29(42)43-2)37-40(28(21)41)27-22(31)4-3-5-23(27)32/h3-11,16-17H,12-15H2,1-2H3,(H,34,35,36). The van der Waals surface area contributed by atoms with Gasteiger partial charge in [0.15, 0.2) is 0 Å². The summed E-state index contributed by atoms with van der Waals surface area (Å²) in [4.78, 5) is 43.8. The van der Waals surface area contributed by atoms with E-state index in [1.54, 1.807) is 24.3 Å². The van der Waals surface area contributed by atoms with Crippen molar-refractivity contribution in [1.82, 2.24) is 29.6 Å². The van der Waals surface area contributed by atoms with Crippen LogP contribution in [0.1, 0.15) is 10.5 Å². The third-order valence-electron chi connectivity index (χ3n) is 7.20. The number of fused-ring (bicyclic) bond motifs is 1. The molecule has 0 saturated carbocycles. The van der Waals surface area contributed by atoms with E-state index in [-0.39, 0.29) is 44.0 Å². The van der Waals surface area contributed by atoms with Crippen LogP contribution < -0.4 is 15.8 Å². The molecule has 6 rings (SSSR count). The molecule has 218 valence electrons. The normalized spacial score (nSPS) is 13.7. The fourth-order valence-electron chi connectivity index (χ4n) is 4.87. The molecule has 0 radical (unpaired) electrons. The average Bonchev–Trinajstić information content (AvgIpc) is 3.02. The molecule has 11 nitrogen and oxygen atoms in total. The minimum atomic E-state index is -0.620. The number of nitrogens with zero attached hydrogens (tertiary/aromatic N) is 7.